The number of halogens is 1. The Morgan fingerprint density at radius 1 is 1.28 bits per heavy atom. The molecular formula is C9H8BrN5O2S. The zero-order valence-corrected chi connectivity index (χ0v) is 11.3. The fraction of sp³-hybridized carbons (Fsp3) is 0. The van der Waals surface area contributed by atoms with E-state index in [-0.39, 0.29) is 16.5 Å². The van der Waals surface area contributed by atoms with Crippen molar-refractivity contribution >= 4 is 37.6 Å². The number of rotatable bonds is 3. The van der Waals surface area contributed by atoms with Crippen molar-refractivity contribution in [3.05, 3.63) is 35.1 Å². The van der Waals surface area contributed by atoms with Crippen molar-refractivity contribution in [2.75, 3.05) is 10.5 Å². The van der Waals surface area contributed by atoms with Gasteiger partial charge in [0.1, 0.15) is 4.90 Å². The summed E-state index contributed by atoms with van der Waals surface area (Å²) < 4.78 is 26.9. The lowest BCUT2D eigenvalue weighted by molar-refractivity contribution is 0.601. The Kier molecular flexibility index (Phi) is 3.43. The van der Waals surface area contributed by atoms with Gasteiger partial charge in [0.05, 0.1) is 18.1 Å². The van der Waals surface area contributed by atoms with Crippen molar-refractivity contribution in [2.45, 2.75) is 4.90 Å². The number of sulfonamides is 1. The molecule has 0 radical (unpaired) electrons. The highest BCUT2D eigenvalue weighted by Gasteiger charge is 2.18. The van der Waals surface area contributed by atoms with Gasteiger partial charge in [-0.2, -0.15) is 5.10 Å². The monoisotopic (exact) mass is 329 g/mol. The summed E-state index contributed by atoms with van der Waals surface area (Å²) in [5, 5.41) is 7.06. The highest BCUT2D eigenvalue weighted by molar-refractivity contribution is 9.10. The molecule has 0 atom stereocenters. The fourth-order valence-electron chi connectivity index (χ4n) is 1.23. The standard InChI is InChI=1S/C9H8BrN5O2S/c10-6-1-2-8(7(11)5-6)18(16,17)15-9-12-3-4-13-14-9/h1-5H,11H2,(H,12,14,15). The summed E-state index contributed by atoms with van der Waals surface area (Å²) in [6.07, 6.45) is 2.67. The van der Waals surface area contributed by atoms with E-state index in [4.69, 9.17) is 5.73 Å². The lowest BCUT2D eigenvalue weighted by Gasteiger charge is -2.08. The smallest absolute Gasteiger partial charge is 0.266 e. The van der Waals surface area contributed by atoms with Crippen molar-refractivity contribution in [2.24, 2.45) is 0 Å². The van der Waals surface area contributed by atoms with Crippen molar-refractivity contribution in [1.82, 2.24) is 15.2 Å². The quantitative estimate of drug-likeness (QED) is 0.813. The van der Waals surface area contributed by atoms with Crippen molar-refractivity contribution in [3.8, 4) is 0 Å². The Hall–Kier alpha value is -1.74. The number of nitrogens with one attached hydrogen (secondary N) is 1. The van der Waals surface area contributed by atoms with E-state index in [9.17, 15) is 8.42 Å². The molecule has 7 nitrogen and oxygen atoms in total. The molecule has 0 unspecified atom stereocenters. The van der Waals surface area contributed by atoms with Crippen LogP contribution in [0.4, 0.5) is 11.6 Å². The molecule has 0 spiro atoms. The molecule has 18 heavy (non-hydrogen) atoms. The minimum atomic E-state index is -3.82. The Morgan fingerprint density at radius 3 is 2.67 bits per heavy atom. The summed E-state index contributed by atoms with van der Waals surface area (Å²) in [7, 11) is -3.82. The van der Waals surface area contributed by atoms with E-state index in [1.165, 1.54) is 24.5 Å². The molecule has 0 aliphatic rings. The van der Waals surface area contributed by atoms with Crippen LogP contribution in [0.3, 0.4) is 0 Å². The van der Waals surface area contributed by atoms with Crippen LogP contribution >= 0.6 is 15.9 Å². The van der Waals surface area contributed by atoms with Crippen LogP contribution < -0.4 is 10.5 Å². The maximum atomic E-state index is 12.0. The third kappa shape index (κ3) is 2.74. The van der Waals surface area contributed by atoms with Gasteiger partial charge in [-0.25, -0.2) is 18.1 Å². The Bertz CT molecular complexity index is 662. The number of aromatic nitrogens is 3. The summed E-state index contributed by atoms with van der Waals surface area (Å²) in [6.45, 7) is 0. The van der Waals surface area contributed by atoms with Gasteiger partial charge in [-0.3, -0.25) is 0 Å². The van der Waals surface area contributed by atoms with Crippen LogP contribution in [0, 0.1) is 0 Å². The SMILES string of the molecule is Nc1cc(Br)ccc1S(=O)(=O)Nc1nccnn1. The first-order valence-corrected chi connectivity index (χ1v) is 6.98. The van der Waals surface area contributed by atoms with Crippen LogP contribution in [0.15, 0.2) is 40.0 Å². The fourth-order valence-corrected chi connectivity index (χ4v) is 2.67. The molecule has 1 aromatic carbocycles. The average Bonchev–Trinajstić information content (AvgIpc) is 2.29. The predicted molar refractivity (Wildman–Crippen MR) is 69.2 cm³/mol. The summed E-state index contributed by atoms with van der Waals surface area (Å²) >= 11 is 3.20. The Morgan fingerprint density at radius 2 is 2.06 bits per heavy atom. The molecule has 0 bridgehead atoms. The van der Waals surface area contributed by atoms with E-state index in [1.54, 1.807) is 6.07 Å². The number of nitrogens with two attached hydrogens (primary N) is 1. The largest absolute Gasteiger partial charge is 0.398 e. The molecule has 2 rings (SSSR count). The number of hydrogen-bond donors (Lipinski definition) is 2. The van der Waals surface area contributed by atoms with Gasteiger partial charge in [-0.05, 0) is 18.2 Å². The second kappa shape index (κ2) is 4.86. The molecule has 0 aliphatic heterocycles. The van der Waals surface area contributed by atoms with E-state index < -0.39 is 10.0 Å². The van der Waals surface area contributed by atoms with Crippen molar-refractivity contribution < 1.29 is 8.42 Å². The van der Waals surface area contributed by atoms with E-state index in [2.05, 4.69) is 35.8 Å². The first-order chi connectivity index (χ1) is 8.49. The Balaban J connectivity index is 2.37. The second-order valence-corrected chi connectivity index (χ2v) is 5.82. The first kappa shape index (κ1) is 12.7. The molecule has 9 heteroatoms. The predicted octanol–water partition coefficient (Wildman–Crippen LogP) is 1.02. The lowest BCUT2D eigenvalue weighted by atomic mass is 10.3. The molecular weight excluding hydrogens is 322 g/mol. The maximum absolute atomic E-state index is 12.0. The van der Waals surface area contributed by atoms with E-state index in [1.807, 2.05) is 0 Å². The molecule has 0 aliphatic carbocycles. The number of nitrogens with zero attached hydrogens (tertiary/aromatic N) is 3. The number of hydrogen-bond acceptors (Lipinski definition) is 6. The summed E-state index contributed by atoms with van der Waals surface area (Å²) in [6, 6.07) is 4.46. The normalized spacial score (nSPS) is 11.2. The minimum absolute atomic E-state index is 0.0434. The van der Waals surface area contributed by atoms with Crippen LogP contribution in [-0.4, -0.2) is 23.6 Å². The number of nitrogen functional groups attached to an aromatic ring is 1. The average molecular weight is 330 g/mol. The maximum Gasteiger partial charge on any atom is 0.266 e. The molecule has 0 saturated heterocycles. The van der Waals surface area contributed by atoms with Gasteiger partial charge in [-0.15, -0.1) is 5.10 Å². The third-order valence-electron chi connectivity index (χ3n) is 1.97. The molecule has 0 amide bonds. The van der Waals surface area contributed by atoms with Crippen LogP contribution in [0.1, 0.15) is 0 Å². The van der Waals surface area contributed by atoms with Gasteiger partial charge in [0.25, 0.3) is 16.0 Å². The molecule has 94 valence electrons. The number of benzene rings is 1. The van der Waals surface area contributed by atoms with Crippen molar-refractivity contribution in [1.29, 1.82) is 0 Å². The Labute approximate surface area is 112 Å². The van der Waals surface area contributed by atoms with Gasteiger partial charge in [-0.1, -0.05) is 15.9 Å². The van der Waals surface area contributed by atoms with Gasteiger partial charge in [0.2, 0.25) is 0 Å². The van der Waals surface area contributed by atoms with Gasteiger partial charge >= 0.3 is 0 Å². The van der Waals surface area contributed by atoms with Crippen LogP contribution in [0.25, 0.3) is 0 Å². The molecule has 3 N–H and O–H groups in total. The second-order valence-electron chi connectivity index (χ2n) is 3.25. The molecule has 2 aromatic rings. The number of anilines is 2. The summed E-state index contributed by atoms with van der Waals surface area (Å²) in [5.41, 5.74) is 5.78. The molecule has 1 heterocycles. The highest BCUT2D eigenvalue weighted by Crippen LogP contribution is 2.23. The summed E-state index contributed by atoms with van der Waals surface area (Å²) in [5.74, 6) is -0.111. The third-order valence-corrected chi connectivity index (χ3v) is 3.86. The van der Waals surface area contributed by atoms with E-state index >= 15 is 0 Å². The van der Waals surface area contributed by atoms with Crippen LogP contribution in [0.5, 0.6) is 0 Å². The zero-order chi connectivity index (χ0) is 13.2. The van der Waals surface area contributed by atoms with Gasteiger partial charge < -0.3 is 5.73 Å². The van der Waals surface area contributed by atoms with E-state index in [0.717, 1.165) is 0 Å². The molecule has 1 aromatic heterocycles. The molecule has 0 fully saturated rings. The highest BCUT2D eigenvalue weighted by atomic mass is 79.9. The van der Waals surface area contributed by atoms with E-state index in [0.29, 0.717) is 4.47 Å². The van der Waals surface area contributed by atoms with Gasteiger partial charge in [0.15, 0.2) is 0 Å². The lowest BCUT2D eigenvalue weighted by Crippen LogP contribution is -2.16. The van der Waals surface area contributed by atoms with Crippen molar-refractivity contribution in [3.63, 3.8) is 0 Å². The summed E-state index contributed by atoms with van der Waals surface area (Å²) in [4.78, 5) is 3.68. The zero-order valence-electron chi connectivity index (χ0n) is 8.91. The van der Waals surface area contributed by atoms with Crippen LogP contribution in [-0.2, 0) is 10.0 Å². The molecule has 0 saturated carbocycles. The van der Waals surface area contributed by atoms with Crippen LogP contribution in [0.2, 0.25) is 0 Å². The van der Waals surface area contributed by atoms with Gasteiger partial charge in [0, 0.05) is 4.47 Å². The first-order valence-electron chi connectivity index (χ1n) is 4.70. The minimum Gasteiger partial charge on any atom is -0.398 e. The topological polar surface area (TPSA) is 111 Å².